The third kappa shape index (κ3) is 7.17. The molecule has 1 saturated heterocycles. The van der Waals surface area contributed by atoms with Crippen molar-refractivity contribution >= 4 is 41.1 Å². The molecule has 4 rings (SSSR count). The van der Waals surface area contributed by atoms with Crippen molar-refractivity contribution in [3.63, 3.8) is 0 Å². The van der Waals surface area contributed by atoms with Gasteiger partial charge in [0, 0.05) is 29.4 Å². The molecule has 1 aliphatic heterocycles. The van der Waals surface area contributed by atoms with Gasteiger partial charge in [-0.15, -0.1) is 0 Å². The number of anilines is 1. The van der Waals surface area contributed by atoms with Crippen molar-refractivity contribution < 1.29 is 38.9 Å². The van der Waals surface area contributed by atoms with Crippen LogP contribution in [0.2, 0.25) is 5.02 Å². The van der Waals surface area contributed by atoms with E-state index in [1.165, 1.54) is 6.07 Å². The molecule has 3 aromatic carbocycles. The predicted molar refractivity (Wildman–Crippen MR) is 146 cm³/mol. The van der Waals surface area contributed by atoms with E-state index >= 15 is 0 Å². The number of aliphatic hydroxyl groups excluding tert-OH is 2. The Morgan fingerprint density at radius 1 is 0.950 bits per heavy atom. The molecule has 0 spiro atoms. The van der Waals surface area contributed by atoms with Crippen LogP contribution in [-0.2, 0) is 19.1 Å². The van der Waals surface area contributed by atoms with Crippen LogP contribution in [0.25, 0.3) is 11.1 Å². The number of hydrogen-bond donors (Lipinski definition) is 4. The second-order valence-corrected chi connectivity index (χ2v) is 9.45. The fourth-order valence-corrected chi connectivity index (χ4v) is 4.23. The molecule has 1 aliphatic rings. The van der Waals surface area contributed by atoms with Crippen LogP contribution in [0, 0.1) is 0 Å². The van der Waals surface area contributed by atoms with Crippen LogP contribution < -0.4 is 10.6 Å². The fraction of sp³-hybridized carbons (Fsp3) is 0.241. The van der Waals surface area contributed by atoms with Gasteiger partial charge in [0.1, 0.15) is 18.3 Å². The van der Waals surface area contributed by atoms with Crippen LogP contribution in [-0.4, -0.2) is 78.3 Å². The van der Waals surface area contributed by atoms with Crippen molar-refractivity contribution in [1.29, 1.82) is 0 Å². The van der Waals surface area contributed by atoms with E-state index in [9.17, 15) is 29.4 Å². The number of aldehydes is 1. The average Bonchev–Trinajstić information content (AvgIpc) is 2.97. The van der Waals surface area contributed by atoms with Crippen LogP contribution >= 0.6 is 11.6 Å². The lowest BCUT2D eigenvalue weighted by Gasteiger charge is -2.32. The molecule has 0 aliphatic carbocycles. The summed E-state index contributed by atoms with van der Waals surface area (Å²) in [4.78, 5) is 48.2. The van der Waals surface area contributed by atoms with Crippen LogP contribution in [0.3, 0.4) is 0 Å². The quantitative estimate of drug-likeness (QED) is 0.118. The van der Waals surface area contributed by atoms with Gasteiger partial charge in [-0.05, 0) is 47.5 Å². The van der Waals surface area contributed by atoms with Gasteiger partial charge in [0.05, 0.1) is 12.1 Å². The van der Waals surface area contributed by atoms with E-state index in [0.29, 0.717) is 29.2 Å². The summed E-state index contributed by atoms with van der Waals surface area (Å²) in [5.41, 5.74) is 2.98. The average molecular weight is 567 g/mol. The number of ether oxygens (including phenoxy) is 2. The van der Waals surface area contributed by atoms with Gasteiger partial charge in [0.2, 0.25) is 5.78 Å². The standard InChI is InChI=1S/C29H27ClN2O8/c30-21-8-2-6-19(13-21)23(34)15-31-10-11-32-22-9-3-5-18(14-22)17-4-1-7-20(12-17)28(38)40-29-27(37)26(36)25(35)24(16-33)39-29/h1-9,12-14,16,24-26,29,31-32,35-36H,10-11,15H2/t24-,25-,26+,29+/m1/s1. The molecule has 0 saturated carbocycles. The second kappa shape index (κ2) is 13.4. The van der Waals surface area contributed by atoms with E-state index in [1.54, 1.807) is 42.5 Å². The first-order valence-corrected chi connectivity index (χ1v) is 12.8. The van der Waals surface area contributed by atoms with Gasteiger partial charge >= 0.3 is 5.97 Å². The van der Waals surface area contributed by atoms with Crippen LogP contribution in [0.5, 0.6) is 0 Å². The van der Waals surface area contributed by atoms with Crippen LogP contribution in [0.15, 0.2) is 72.8 Å². The Hall–Kier alpha value is -3.93. The molecule has 0 radical (unpaired) electrons. The summed E-state index contributed by atoms with van der Waals surface area (Å²) in [5, 5.41) is 26.4. The van der Waals surface area contributed by atoms with Crippen molar-refractivity contribution in [2.45, 2.75) is 24.6 Å². The second-order valence-electron chi connectivity index (χ2n) is 9.01. The van der Waals surface area contributed by atoms with E-state index in [-0.39, 0.29) is 24.2 Å². The summed E-state index contributed by atoms with van der Waals surface area (Å²) in [7, 11) is 0. The Kier molecular flexibility index (Phi) is 9.75. The van der Waals surface area contributed by atoms with Gasteiger partial charge in [-0.3, -0.25) is 9.59 Å². The number of aliphatic hydroxyl groups is 2. The number of halogens is 1. The smallest absolute Gasteiger partial charge is 0.340 e. The lowest BCUT2D eigenvalue weighted by atomic mass is 10.0. The number of benzene rings is 3. The minimum absolute atomic E-state index is 0.0559. The first-order chi connectivity index (χ1) is 19.3. The zero-order chi connectivity index (χ0) is 28.6. The summed E-state index contributed by atoms with van der Waals surface area (Å²) in [6, 6.07) is 20.8. The third-order valence-corrected chi connectivity index (χ3v) is 6.41. The lowest BCUT2D eigenvalue weighted by molar-refractivity contribution is -0.215. The van der Waals surface area contributed by atoms with Gasteiger partial charge in [-0.25, -0.2) is 4.79 Å². The molecule has 0 bridgehead atoms. The van der Waals surface area contributed by atoms with Gasteiger partial charge in [0.25, 0.3) is 6.29 Å². The van der Waals surface area contributed by atoms with Crippen LogP contribution in [0.4, 0.5) is 5.69 Å². The third-order valence-electron chi connectivity index (χ3n) is 6.17. The highest BCUT2D eigenvalue weighted by Gasteiger charge is 2.45. The maximum absolute atomic E-state index is 12.7. The monoisotopic (exact) mass is 566 g/mol. The summed E-state index contributed by atoms with van der Waals surface area (Å²) in [5.74, 6) is -2.02. The van der Waals surface area contributed by atoms with E-state index < -0.39 is 36.4 Å². The van der Waals surface area contributed by atoms with E-state index in [2.05, 4.69) is 10.6 Å². The maximum Gasteiger partial charge on any atom is 0.340 e. The molecular formula is C29H27ClN2O8. The number of nitrogens with one attached hydrogen (secondary N) is 2. The van der Waals surface area contributed by atoms with E-state index in [1.807, 2.05) is 24.3 Å². The highest BCUT2D eigenvalue weighted by atomic mass is 35.5. The molecule has 3 aromatic rings. The summed E-state index contributed by atoms with van der Waals surface area (Å²) in [6.07, 6.45) is -6.77. The topological polar surface area (TPSA) is 151 Å². The molecular weight excluding hydrogens is 540 g/mol. The van der Waals surface area contributed by atoms with Gasteiger partial charge in [-0.2, -0.15) is 0 Å². The maximum atomic E-state index is 12.7. The van der Waals surface area contributed by atoms with Gasteiger partial charge in [-0.1, -0.05) is 48.0 Å². The number of hydrogen-bond acceptors (Lipinski definition) is 10. The zero-order valence-electron chi connectivity index (χ0n) is 21.2. The number of carbonyl (C=O) groups is 4. The predicted octanol–water partition coefficient (Wildman–Crippen LogP) is 2.26. The van der Waals surface area contributed by atoms with Crippen molar-refractivity contribution in [3.05, 3.63) is 88.9 Å². The van der Waals surface area contributed by atoms with Gasteiger partial charge < -0.3 is 35.1 Å². The Balaban J connectivity index is 1.32. The molecule has 1 heterocycles. The van der Waals surface area contributed by atoms with E-state index in [4.69, 9.17) is 21.1 Å². The first-order valence-electron chi connectivity index (χ1n) is 12.4. The number of carbonyl (C=O) groups excluding carboxylic acids is 4. The molecule has 1 fully saturated rings. The minimum atomic E-state index is -1.91. The van der Waals surface area contributed by atoms with Crippen molar-refractivity contribution in [3.8, 4) is 11.1 Å². The first kappa shape index (κ1) is 29.1. The van der Waals surface area contributed by atoms with E-state index in [0.717, 1.165) is 11.3 Å². The molecule has 11 heteroatoms. The SMILES string of the molecule is O=C[C@H]1O[C@@H](OC(=O)c2cccc(-c3cccc(NCCNCC(=O)c4cccc(Cl)c4)c3)c2)C(=O)[C@@H](O)[C@@H]1O. The Labute approximate surface area is 234 Å². The highest BCUT2D eigenvalue weighted by molar-refractivity contribution is 6.31. The van der Waals surface area contributed by atoms with Crippen molar-refractivity contribution in [1.82, 2.24) is 5.32 Å². The highest BCUT2D eigenvalue weighted by Crippen LogP contribution is 2.25. The van der Waals surface area contributed by atoms with Crippen molar-refractivity contribution in [2.24, 2.45) is 0 Å². The van der Waals surface area contributed by atoms with Gasteiger partial charge in [0.15, 0.2) is 12.1 Å². The van der Waals surface area contributed by atoms with Crippen molar-refractivity contribution in [2.75, 3.05) is 25.0 Å². The summed E-state index contributed by atoms with van der Waals surface area (Å²) in [6.45, 7) is 1.27. The number of rotatable bonds is 11. The van der Waals surface area contributed by atoms with Crippen LogP contribution in [0.1, 0.15) is 20.7 Å². The Morgan fingerprint density at radius 2 is 1.65 bits per heavy atom. The molecule has 10 nitrogen and oxygen atoms in total. The molecule has 0 amide bonds. The zero-order valence-corrected chi connectivity index (χ0v) is 21.9. The summed E-state index contributed by atoms with van der Waals surface area (Å²) < 4.78 is 10.1. The molecule has 0 unspecified atom stereocenters. The minimum Gasteiger partial charge on any atom is -0.424 e. The molecule has 40 heavy (non-hydrogen) atoms. The fourth-order valence-electron chi connectivity index (χ4n) is 4.04. The lowest BCUT2D eigenvalue weighted by Crippen LogP contribution is -2.56. The molecule has 0 aromatic heterocycles. The number of Topliss-reactive ketones (excluding diaryl/α,β-unsaturated/α-hetero) is 2. The molecule has 4 N–H and O–H groups in total. The largest absolute Gasteiger partial charge is 0.424 e. The Morgan fingerprint density at radius 3 is 2.40 bits per heavy atom. The summed E-state index contributed by atoms with van der Waals surface area (Å²) >= 11 is 5.94. The normalized spacial score (nSPS) is 20.5. The molecule has 208 valence electrons. The number of ketones is 2. The number of esters is 1. The molecule has 4 atom stereocenters. The Bertz CT molecular complexity index is 1400.